The van der Waals surface area contributed by atoms with Crippen molar-refractivity contribution in [3.63, 3.8) is 0 Å². The summed E-state index contributed by atoms with van der Waals surface area (Å²) in [5.41, 5.74) is 0.411. The minimum Gasteiger partial charge on any atom is -0.350 e. The largest absolute Gasteiger partial charge is 0.350 e. The van der Waals surface area contributed by atoms with Gasteiger partial charge in [-0.3, -0.25) is 9.59 Å². The summed E-state index contributed by atoms with van der Waals surface area (Å²) in [6, 6.07) is 6.06. The van der Waals surface area contributed by atoms with E-state index in [1.54, 1.807) is 4.90 Å². The monoisotopic (exact) mass is 418 g/mol. The van der Waals surface area contributed by atoms with Gasteiger partial charge in [0.05, 0.1) is 4.90 Å². The minimum absolute atomic E-state index is 0. The van der Waals surface area contributed by atoms with Gasteiger partial charge in [-0.25, -0.2) is 8.42 Å². The van der Waals surface area contributed by atoms with Gasteiger partial charge in [-0.05, 0) is 38.2 Å². The highest BCUT2D eigenvalue weighted by Gasteiger charge is 2.29. The van der Waals surface area contributed by atoms with Gasteiger partial charge < -0.3 is 15.5 Å². The Hall–Kier alpha value is -1.68. The van der Waals surface area contributed by atoms with Crippen LogP contribution in [0.15, 0.2) is 29.2 Å². The number of nitrogens with one attached hydrogen (secondary N) is 2. The lowest BCUT2D eigenvalue weighted by atomic mass is 10.2. The summed E-state index contributed by atoms with van der Waals surface area (Å²) >= 11 is 0. The summed E-state index contributed by atoms with van der Waals surface area (Å²) in [7, 11) is -1.82. The zero-order valence-corrected chi connectivity index (χ0v) is 17.4. The SMILES string of the molecule is CNC(C)CNC(=O)c1ccc(S(=O)(=O)N2CCN(C(C)=O)CC2)cc1.Cl. The molecule has 1 aromatic carbocycles. The molecule has 0 aliphatic carbocycles. The van der Waals surface area contributed by atoms with Crippen LogP contribution >= 0.6 is 12.4 Å². The van der Waals surface area contributed by atoms with E-state index in [9.17, 15) is 18.0 Å². The topological polar surface area (TPSA) is 98.8 Å². The standard InChI is InChI=1S/C17H26N4O4S.ClH/c1-13(18-3)12-19-17(23)15-4-6-16(7-5-15)26(24,25)21-10-8-20(9-11-21)14(2)22;/h4-7,13,18H,8-12H2,1-3H3,(H,19,23);1H. The predicted molar refractivity (Wildman–Crippen MR) is 106 cm³/mol. The van der Waals surface area contributed by atoms with Crippen molar-refractivity contribution in [2.24, 2.45) is 0 Å². The number of halogens is 1. The normalized spacial score (nSPS) is 16.3. The van der Waals surface area contributed by atoms with E-state index in [0.29, 0.717) is 25.2 Å². The predicted octanol–water partition coefficient (Wildman–Crippen LogP) is 0.299. The molecule has 27 heavy (non-hydrogen) atoms. The third kappa shape index (κ3) is 5.90. The average molecular weight is 419 g/mol. The maximum atomic E-state index is 12.7. The second-order valence-electron chi connectivity index (χ2n) is 6.33. The molecule has 0 bridgehead atoms. The highest BCUT2D eigenvalue weighted by molar-refractivity contribution is 7.89. The van der Waals surface area contributed by atoms with E-state index in [2.05, 4.69) is 10.6 Å². The van der Waals surface area contributed by atoms with Crippen LogP contribution in [-0.4, -0.2) is 75.3 Å². The molecule has 1 aliphatic heterocycles. The summed E-state index contributed by atoms with van der Waals surface area (Å²) in [6.45, 7) is 5.22. The summed E-state index contributed by atoms with van der Waals surface area (Å²) in [6.07, 6.45) is 0. The summed E-state index contributed by atoms with van der Waals surface area (Å²) in [5.74, 6) is -0.295. The molecule has 1 unspecified atom stereocenters. The second kappa shape index (κ2) is 10.0. The van der Waals surface area contributed by atoms with Gasteiger partial charge in [0.1, 0.15) is 0 Å². The smallest absolute Gasteiger partial charge is 0.251 e. The van der Waals surface area contributed by atoms with Gasteiger partial charge in [-0.1, -0.05) is 0 Å². The zero-order chi connectivity index (χ0) is 19.3. The van der Waals surface area contributed by atoms with Gasteiger partial charge in [0.25, 0.3) is 5.91 Å². The Morgan fingerprint density at radius 3 is 2.15 bits per heavy atom. The fraction of sp³-hybridized carbons (Fsp3) is 0.529. The number of sulfonamides is 1. The number of nitrogens with zero attached hydrogens (tertiary/aromatic N) is 2. The van der Waals surface area contributed by atoms with Crippen LogP contribution in [0.3, 0.4) is 0 Å². The second-order valence-corrected chi connectivity index (χ2v) is 8.27. The maximum Gasteiger partial charge on any atom is 0.251 e. The van der Waals surface area contributed by atoms with Gasteiger partial charge in [-0.15, -0.1) is 12.4 Å². The van der Waals surface area contributed by atoms with E-state index in [-0.39, 0.29) is 48.2 Å². The molecule has 2 rings (SSSR count). The van der Waals surface area contributed by atoms with E-state index < -0.39 is 10.0 Å². The van der Waals surface area contributed by atoms with Crippen molar-refractivity contribution < 1.29 is 18.0 Å². The number of hydrogen-bond acceptors (Lipinski definition) is 5. The lowest BCUT2D eigenvalue weighted by molar-refractivity contribution is -0.129. The third-order valence-electron chi connectivity index (χ3n) is 4.50. The van der Waals surface area contributed by atoms with Crippen LogP contribution in [0, 0.1) is 0 Å². The Balaban J connectivity index is 0.00000364. The average Bonchev–Trinajstić information content (AvgIpc) is 2.65. The number of carbonyl (C=O) groups is 2. The minimum atomic E-state index is -3.63. The molecule has 1 aliphatic rings. The Kier molecular flexibility index (Phi) is 8.67. The molecule has 2 N–H and O–H groups in total. The van der Waals surface area contributed by atoms with Crippen molar-refractivity contribution in [1.82, 2.24) is 19.8 Å². The maximum absolute atomic E-state index is 12.7. The first kappa shape index (κ1) is 23.4. The van der Waals surface area contributed by atoms with Crippen molar-refractivity contribution in [2.75, 3.05) is 39.8 Å². The third-order valence-corrected chi connectivity index (χ3v) is 6.41. The Morgan fingerprint density at radius 2 is 1.67 bits per heavy atom. The van der Waals surface area contributed by atoms with Crippen LogP contribution in [-0.2, 0) is 14.8 Å². The molecular formula is C17H27ClN4O4S. The van der Waals surface area contributed by atoms with E-state index in [1.807, 2.05) is 14.0 Å². The highest BCUT2D eigenvalue weighted by atomic mass is 35.5. The molecule has 0 radical (unpaired) electrons. The van der Waals surface area contributed by atoms with Gasteiger partial charge in [0, 0.05) is 51.3 Å². The molecule has 1 aromatic rings. The number of amides is 2. The number of hydrogen-bond donors (Lipinski definition) is 2. The van der Waals surface area contributed by atoms with Crippen LogP contribution in [0.2, 0.25) is 0 Å². The zero-order valence-electron chi connectivity index (χ0n) is 15.8. The van der Waals surface area contributed by atoms with Crippen molar-refractivity contribution in [3.8, 4) is 0 Å². The number of piperazine rings is 1. The molecule has 0 spiro atoms. The van der Waals surface area contributed by atoms with E-state index in [0.717, 1.165) is 0 Å². The molecule has 0 aromatic heterocycles. The Morgan fingerprint density at radius 1 is 1.11 bits per heavy atom. The number of likely N-dealkylation sites (N-methyl/N-ethyl adjacent to an activating group) is 1. The molecule has 152 valence electrons. The first-order valence-electron chi connectivity index (χ1n) is 8.57. The number of rotatable bonds is 6. The summed E-state index contributed by atoms with van der Waals surface area (Å²) < 4.78 is 26.8. The van der Waals surface area contributed by atoms with Crippen molar-refractivity contribution >= 4 is 34.2 Å². The van der Waals surface area contributed by atoms with Crippen molar-refractivity contribution in [2.45, 2.75) is 24.8 Å². The quantitative estimate of drug-likeness (QED) is 0.692. The highest BCUT2D eigenvalue weighted by Crippen LogP contribution is 2.18. The Bertz CT molecular complexity index is 747. The van der Waals surface area contributed by atoms with E-state index in [4.69, 9.17) is 0 Å². The van der Waals surface area contributed by atoms with Crippen LogP contribution in [0.5, 0.6) is 0 Å². The molecule has 0 saturated carbocycles. The van der Waals surface area contributed by atoms with E-state index in [1.165, 1.54) is 35.5 Å². The van der Waals surface area contributed by atoms with Crippen molar-refractivity contribution in [1.29, 1.82) is 0 Å². The first-order chi connectivity index (χ1) is 12.3. The van der Waals surface area contributed by atoms with Crippen LogP contribution in [0.4, 0.5) is 0 Å². The van der Waals surface area contributed by atoms with Crippen LogP contribution in [0.25, 0.3) is 0 Å². The molecule has 1 heterocycles. The Labute approximate surface area is 166 Å². The molecular weight excluding hydrogens is 392 g/mol. The van der Waals surface area contributed by atoms with Crippen molar-refractivity contribution in [3.05, 3.63) is 29.8 Å². The molecule has 8 nitrogen and oxygen atoms in total. The lowest BCUT2D eigenvalue weighted by Crippen LogP contribution is -2.49. The molecule has 1 fully saturated rings. The first-order valence-corrected chi connectivity index (χ1v) is 10.0. The van der Waals surface area contributed by atoms with Crippen LogP contribution < -0.4 is 10.6 Å². The van der Waals surface area contributed by atoms with Crippen LogP contribution in [0.1, 0.15) is 24.2 Å². The molecule has 1 atom stereocenters. The van der Waals surface area contributed by atoms with E-state index >= 15 is 0 Å². The molecule has 2 amide bonds. The van der Waals surface area contributed by atoms with Gasteiger partial charge in [0.2, 0.25) is 15.9 Å². The number of benzene rings is 1. The van der Waals surface area contributed by atoms with Gasteiger partial charge in [0.15, 0.2) is 0 Å². The van der Waals surface area contributed by atoms with Gasteiger partial charge in [-0.2, -0.15) is 4.31 Å². The lowest BCUT2D eigenvalue weighted by Gasteiger charge is -2.33. The number of carbonyl (C=O) groups excluding carboxylic acids is 2. The summed E-state index contributed by atoms with van der Waals surface area (Å²) in [5, 5.41) is 5.81. The molecule has 1 saturated heterocycles. The molecule has 10 heteroatoms. The fourth-order valence-electron chi connectivity index (χ4n) is 2.62. The van der Waals surface area contributed by atoms with Gasteiger partial charge >= 0.3 is 0 Å². The summed E-state index contributed by atoms with van der Waals surface area (Å²) in [4.78, 5) is 25.2. The fourth-order valence-corrected chi connectivity index (χ4v) is 4.04.